The van der Waals surface area contributed by atoms with Crippen LogP contribution in [0.1, 0.15) is 12.8 Å². The molecule has 3 rings (SSSR count). The summed E-state index contributed by atoms with van der Waals surface area (Å²) in [5, 5.41) is 12.6. The van der Waals surface area contributed by atoms with Crippen LogP contribution in [0.2, 0.25) is 10.0 Å². The Morgan fingerprint density at radius 1 is 1.20 bits per heavy atom. The van der Waals surface area contributed by atoms with Gasteiger partial charge in [-0.1, -0.05) is 23.2 Å². The summed E-state index contributed by atoms with van der Waals surface area (Å²) in [6.07, 6.45) is 0.661. The number of rotatable bonds is 3. The molecular formula is C16H17Cl2N3O4. The summed E-state index contributed by atoms with van der Waals surface area (Å²) in [6.45, 7) is 1.09. The number of hydrogen-bond donors (Lipinski definition) is 2. The van der Waals surface area contributed by atoms with Crippen molar-refractivity contribution in [2.75, 3.05) is 25.0 Å². The topological polar surface area (TPSA) is 90.0 Å². The van der Waals surface area contributed by atoms with E-state index in [0.29, 0.717) is 35.2 Å². The van der Waals surface area contributed by atoms with E-state index < -0.39 is 11.9 Å². The molecule has 0 aromatic heterocycles. The number of halogens is 2. The fourth-order valence-corrected chi connectivity index (χ4v) is 3.51. The predicted octanol–water partition coefficient (Wildman–Crippen LogP) is 2.53. The highest BCUT2D eigenvalue weighted by molar-refractivity contribution is 6.42. The monoisotopic (exact) mass is 385 g/mol. The van der Waals surface area contributed by atoms with Gasteiger partial charge in [0, 0.05) is 31.7 Å². The summed E-state index contributed by atoms with van der Waals surface area (Å²) in [6, 6.07) is 4.39. The van der Waals surface area contributed by atoms with Crippen molar-refractivity contribution in [3.05, 3.63) is 28.2 Å². The number of nitrogens with zero attached hydrogens (tertiary/aromatic N) is 2. The number of carboxylic acid groups (broad SMARTS) is 1. The maximum Gasteiger partial charge on any atom is 0.321 e. The number of benzene rings is 1. The third-order valence-electron chi connectivity index (χ3n) is 4.57. The molecule has 1 aromatic carbocycles. The second-order valence-electron chi connectivity index (χ2n) is 6.23. The van der Waals surface area contributed by atoms with Gasteiger partial charge in [0.25, 0.3) is 0 Å². The minimum absolute atomic E-state index is 0.0291. The first-order valence-electron chi connectivity index (χ1n) is 7.88. The maximum absolute atomic E-state index is 12.4. The molecule has 0 bridgehead atoms. The van der Waals surface area contributed by atoms with Gasteiger partial charge in [-0.25, -0.2) is 4.79 Å². The number of aliphatic carboxylic acids is 1. The third-order valence-corrected chi connectivity index (χ3v) is 5.31. The molecule has 0 saturated carbocycles. The lowest BCUT2D eigenvalue weighted by atomic mass is 10.1. The van der Waals surface area contributed by atoms with Crippen LogP contribution in [0.5, 0.6) is 0 Å². The Hall–Kier alpha value is -1.99. The highest BCUT2D eigenvalue weighted by Gasteiger charge is 2.40. The Bertz CT molecular complexity index is 727. The number of hydrogen-bond acceptors (Lipinski definition) is 3. The van der Waals surface area contributed by atoms with Crippen LogP contribution in [0.15, 0.2) is 18.2 Å². The number of nitrogens with one attached hydrogen (secondary N) is 1. The van der Waals surface area contributed by atoms with Crippen LogP contribution >= 0.6 is 23.2 Å². The normalized spacial score (nSPS) is 23.2. The Balaban J connectivity index is 1.59. The van der Waals surface area contributed by atoms with Crippen molar-refractivity contribution in [3.8, 4) is 0 Å². The zero-order chi connectivity index (χ0) is 18.1. The Labute approximate surface area is 154 Å². The number of carboxylic acids is 1. The van der Waals surface area contributed by atoms with E-state index >= 15 is 0 Å². The van der Waals surface area contributed by atoms with Crippen molar-refractivity contribution < 1.29 is 19.5 Å². The Morgan fingerprint density at radius 3 is 2.60 bits per heavy atom. The average Bonchev–Trinajstić information content (AvgIpc) is 3.17. The van der Waals surface area contributed by atoms with E-state index in [4.69, 9.17) is 28.3 Å². The van der Waals surface area contributed by atoms with Crippen LogP contribution in [0, 0.1) is 5.92 Å². The van der Waals surface area contributed by atoms with E-state index in [9.17, 15) is 14.4 Å². The minimum atomic E-state index is -0.955. The molecule has 2 aliphatic heterocycles. The summed E-state index contributed by atoms with van der Waals surface area (Å²) in [5.74, 6) is -1.78. The van der Waals surface area contributed by atoms with Gasteiger partial charge in [0.05, 0.1) is 22.0 Å². The van der Waals surface area contributed by atoms with Gasteiger partial charge >= 0.3 is 12.0 Å². The highest BCUT2D eigenvalue weighted by atomic mass is 35.5. The fourth-order valence-electron chi connectivity index (χ4n) is 3.21. The number of anilines is 1. The van der Waals surface area contributed by atoms with Crippen LogP contribution < -0.4 is 5.32 Å². The molecule has 2 fully saturated rings. The molecule has 2 saturated heterocycles. The molecule has 9 heteroatoms. The molecule has 0 spiro atoms. The van der Waals surface area contributed by atoms with Gasteiger partial charge in [-0.2, -0.15) is 0 Å². The van der Waals surface area contributed by atoms with Crippen molar-refractivity contribution in [1.29, 1.82) is 0 Å². The van der Waals surface area contributed by atoms with Gasteiger partial charge in [0.2, 0.25) is 5.91 Å². The van der Waals surface area contributed by atoms with Gasteiger partial charge in [-0.15, -0.1) is 0 Å². The number of amides is 3. The lowest BCUT2D eigenvalue weighted by Gasteiger charge is -2.24. The standard InChI is InChI=1S/C16H17Cl2N3O4/c17-12-2-1-10(6-13(12)18)19-16(25)20-4-3-11(8-20)21-7-9(15(23)24)5-14(21)22/h1-2,6,9,11H,3-5,7-8H2,(H,19,25)(H,23,24). The third kappa shape index (κ3) is 3.82. The molecule has 25 heavy (non-hydrogen) atoms. The highest BCUT2D eigenvalue weighted by Crippen LogP contribution is 2.27. The average molecular weight is 386 g/mol. The first kappa shape index (κ1) is 17.8. The Morgan fingerprint density at radius 2 is 1.96 bits per heavy atom. The smallest absolute Gasteiger partial charge is 0.321 e. The maximum atomic E-state index is 12.4. The SMILES string of the molecule is O=C(O)C1CC(=O)N(C2CCN(C(=O)Nc3ccc(Cl)c(Cl)c3)C2)C1. The number of urea groups is 1. The zero-order valence-electron chi connectivity index (χ0n) is 13.2. The van der Waals surface area contributed by atoms with E-state index in [1.807, 2.05) is 0 Å². The van der Waals surface area contributed by atoms with E-state index in [-0.39, 0.29) is 30.9 Å². The lowest BCUT2D eigenvalue weighted by molar-refractivity contribution is -0.141. The van der Waals surface area contributed by atoms with Crippen molar-refractivity contribution in [2.24, 2.45) is 5.92 Å². The van der Waals surface area contributed by atoms with Crippen LogP contribution in [-0.2, 0) is 9.59 Å². The summed E-state index contributed by atoms with van der Waals surface area (Å²) in [5.41, 5.74) is 0.533. The summed E-state index contributed by atoms with van der Waals surface area (Å²) in [7, 11) is 0. The second-order valence-corrected chi connectivity index (χ2v) is 7.05. The van der Waals surface area contributed by atoms with E-state index in [2.05, 4.69) is 5.32 Å². The van der Waals surface area contributed by atoms with Crippen LogP contribution in [0.25, 0.3) is 0 Å². The summed E-state index contributed by atoms with van der Waals surface area (Å²) < 4.78 is 0. The molecule has 2 unspecified atom stereocenters. The molecule has 2 atom stereocenters. The van der Waals surface area contributed by atoms with Crippen molar-refractivity contribution in [3.63, 3.8) is 0 Å². The predicted molar refractivity (Wildman–Crippen MR) is 92.9 cm³/mol. The molecule has 2 aliphatic rings. The number of carbonyl (C=O) groups excluding carboxylic acids is 2. The van der Waals surface area contributed by atoms with Crippen molar-refractivity contribution in [1.82, 2.24) is 9.80 Å². The first-order chi connectivity index (χ1) is 11.8. The van der Waals surface area contributed by atoms with Gasteiger partial charge in [-0.3, -0.25) is 9.59 Å². The van der Waals surface area contributed by atoms with Crippen LogP contribution in [0.3, 0.4) is 0 Å². The summed E-state index contributed by atoms with van der Waals surface area (Å²) >= 11 is 11.8. The van der Waals surface area contributed by atoms with E-state index in [0.717, 1.165) is 0 Å². The van der Waals surface area contributed by atoms with Gasteiger partial charge in [0.15, 0.2) is 0 Å². The molecule has 2 heterocycles. The summed E-state index contributed by atoms with van der Waals surface area (Å²) in [4.78, 5) is 38.7. The number of carbonyl (C=O) groups is 3. The van der Waals surface area contributed by atoms with Gasteiger partial charge < -0.3 is 20.2 Å². The zero-order valence-corrected chi connectivity index (χ0v) is 14.8. The number of likely N-dealkylation sites (tertiary alicyclic amines) is 2. The largest absolute Gasteiger partial charge is 0.481 e. The molecule has 0 radical (unpaired) electrons. The van der Waals surface area contributed by atoms with Gasteiger partial charge in [-0.05, 0) is 24.6 Å². The van der Waals surface area contributed by atoms with E-state index in [1.165, 1.54) is 0 Å². The lowest BCUT2D eigenvalue weighted by Crippen LogP contribution is -2.41. The minimum Gasteiger partial charge on any atom is -0.481 e. The van der Waals surface area contributed by atoms with Gasteiger partial charge in [0.1, 0.15) is 0 Å². The molecule has 0 aliphatic carbocycles. The molecule has 7 nitrogen and oxygen atoms in total. The molecule has 134 valence electrons. The quantitative estimate of drug-likeness (QED) is 0.836. The van der Waals surface area contributed by atoms with Crippen LogP contribution in [0.4, 0.5) is 10.5 Å². The molecule has 1 aromatic rings. The van der Waals surface area contributed by atoms with E-state index in [1.54, 1.807) is 28.0 Å². The second kappa shape index (κ2) is 7.09. The molecular weight excluding hydrogens is 369 g/mol. The molecule has 2 N–H and O–H groups in total. The van der Waals surface area contributed by atoms with Crippen molar-refractivity contribution >= 4 is 46.8 Å². The molecule has 3 amide bonds. The van der Waals surface area contributed by atoms with Crippen molar-refractivity contribution in [2.45, 2.75) is 18.9 Å². The first-order valence-corrected chi connectivity index (χ1v) is 8.64. The fraction of sp³-hybridized carbons (Fsp3) is 0.438. The van der Waals surface area contributed by atoms with Crippen LogP contribution in [-0.4, -0.2) is 58.5 Å². The Kier molecular flexibility index (Phi) is 5.06.